The number of ketones is 1. The molecule has 0 aromatic heterocycles. The lowest BCUT2D eigenvalue weighted by Crippen LogP contribution is -2.06. The summed E-state index contributed by atoms with van der Waals surface area (Å²) < 4.78 is 37.8. The highest BCUT2D eigenvalue weighted by Gasteiger charge is 2.30. The fourth-order valence-electron chi connectivity index (χ4n) is 2.84. The summed E-state index contributed by atoms with van der Waals surface area (Å²) in [6.45, 7) is 8.36. The molecule has 2 rings (SSSR count). The number of nitrogens with zero attached hydrogens (tertiary/aromatic N) is 1. The highest BCUT2D eigenvalue weighted by molar-refractivity contribution is 6.04. The van der Waals surface area contributed by atoms with E-state index >= 15 is 0 Å². The van der Waals surface area contributed by atoms with Crippen LogP contribution in [0, 0.1) is 0 Å². The second-order valence-electron chi connectivity index (χ2n) is 7.11. The number of hydrogen-bond donors (Lipinski definition) is 0. The Morgan fingerprint density at radius 1 is 0.963 bits per heavy atom. The molecule has 0 amide bonds. The molecule has 0 fully saturated rings. The first kappa shape index (κ1) is 20.9. The first-order chi connectivity index (χ1) is 12.6. The van der Waals surface area contributed by atoms with Crippen molar-refractivity contribution in [3.8, 4) is 0 Å². The average molecular weight is 375 g/mol. The zero-order valence-electron chi connectivity index (χ0n) is 16.0. The molecule has 0 aliphatic rings. The number of aliphatic imine (C=N–C) groups is 1. The molecule has 0 bridgehead atoms. The average Bonchev–Trinajstić information content (AvgIpc) is 2.60. The molecular weight excluding hydrogens is 351 g/mol. The van der Waals surface area contributed by atoms with Crippen LogP contribution >= 0.6 is 0 Å². The number of para-hydroxylation sites is 1. The molecule has 0 unspecified atom stereocenters. The molecule has 0 aliphatic heterocycles. The quantitative estimate of drug-likeness (QED) is 0.398. The summed E-state index contributed by atoms with van der Waals surface area (Å²) >= 11 is 0. The molecule has 0 atom stereocenters. The fraction of sp³-hybridized carbons (Fsp3) is 0.364. The number of hydrogen-bond acceptors (Lipinski definition) is 2. The van der Waals surface area contributed by atoms with Crippen LogP contribution in [0.25, 0.3) is 0 Å². The van der Waals surface area contributed by atoms with Gasteiger partial charge in [-0.15, -0.1) is 0 Å². The van der Waals surface area contributed by atoms with E-state index in [2.05, 4.69) is 32.7 Å². The van der Waals surface area contributed by atoms with Crippen LogP contribution in [0.3, 0.4) is 0 Å². The Labute approximate surface area is 158 Å². The van der Waals surface area contributed by atoms with Crippen LogP contribution in [0.15, 0.2) is 47.5 Å². The van der Waals surface area contributed by atoms with Gasteiger partial charge in [-0.2, -0.15) is 13.2 Å². The Balaban J connectivity index is 2.19. The number of Topliss-reactive ketones (excluding diaryl/α,β-unsaturated/α-hetero) is 1. The molecule has 0 saturated carbocycles. The second-order valence-corrected chi connectivity index (χ2v) is 7.11. The minimum absolute atomic E-state index is 0.0370. The highest BCUT2D eigenvalue weighted by Crippen LogP contribution is 2.34. The molecule has 0 radical (unpaired) electrons. The third-order valence-electron chi connectivity index (χ3n) is 4.37. The van der Waals surface area contributed by atoms with E-state index in [1.54, 1.807) is 6.21 Å². The number of alkyl halides is 3. The van der Waals surface area contributed by atoms with Gasteiger partial charge in [0.1, 0.15) is 0 Å². The summed E-state index contributed by atoms with van der Waals surface area (Å²) in [5.74, 6) is 0.323. The number of benzene rings is 2. The maximum atomic E-state index is 12.6. The molecule has 2 nitrogen and oxygen atoms in total. The molecule has 2 aromatic carbocycles. The van der Waals surface area contributed by atoms with Crippen LogP contribution in [0.4, 0.5) is 18.9 Å². The SMILES string of the molecule is CC(C)c1cccc(C(C)C)c1N=CCC(=O)c1ccc(C(F)(F)F)cc1. The first-order valence-electron chi connectivity index (χ1n) is 8.97. The third kappa shape index (κ3) is 5.28. The fourth-order valence-corrected chi connectivity index (χ4v) is 2.84. The third-order valence-corrected chi connectivity index (χ3v) is 4.37. The summed E-state index contributed by atoms with van der Waals surface area (Å²) in [6, 6.07) is 10.3. The summed E-state index contributed by atoms with van der Waals surface area (Å²) in [6.07, 6.45) is -2.82. The minimum Gasteiger partial charge on any atom is -0.294 e. The van der Waals surface area contributed by atoms with Crippen molar-refractivity contribution < 1.29 is 18.0 Å². The zero-order chi connectivity index (χ0) is 20.2. The molecule has 0 heterocycles. The zero-order valence-corrected chi connectivity index (χ0v) is 16.0. The van der Waals surface area contributed by atoms with Crippen molar-refractivity contribution in [1.82, 2.24) is 0 Å². The van der Waals surface area contributed by atoms with Crippen molar-refractivity contribution in [2.75, 3.05) is 0 Å². The van der Waals surface area contributed by atoms with Gasteiger partial charge in [0.2, 0.25) is 0 Å². The van der Waals surface area contributed by atoms with Crippen molar-refractivity contribution >= 4 is 17.7 Å². The Morgan fingerprint density at radius 2 is 1.48 bits per heavy atom. The van der Waals surface area contributed by atoms with Gasteiger partial charge in [0, 0.05) is 18.2 Å². The Hall–Kier alpha value is -2.43. The Kier molecular flexibility index (Phi) is 6.58. The summed E-state index contributed by atoms with van der Waals surface area (Å²) in [4.78, 5) is 16.8. The molecule has 27 heavy (non-hydrogen) atoms. The van der Waals surface area contributed by atoms with Crippen LogP contribution in [0.5, 0.6) is 0 Å². The monoisotopic (exact) mass is 375 g/mol. The Morgan fingerprint density at radius 3 is 1.93 bits per heavy atom. The summed E-state index contributed by atoms with van der Waals surface area (Å²) in [7, 11) is 0. The predicted octanol–water partition coefficient (Wildman–Crippen LogP) is 6.93. The van der Waals surface area contributed by atoms with Crippen LogP contribution in [-0.2, 0) is 6.18 Å². The molecular formula is C22H24F3NO. The summed E-state index contributed by atoms with van der Waals surface area (Å²) in [5, 5.41) is 0. The van der Waals surface area contributed by atoms with Crippen LogP contribution in [0.2, 0.25) is 0 Å². The molecule has 0 aliphatic carbocycles. The highest BCUT2D eigenvalue weighted by atomic mass is 19.4. The normalized spacial score (nSPS) is 12.3. The van der Waals surface area contributed by atoms with Crippen LogP contribution < -0.4 is 0 Å². The van der Waals surface area contributed by atoms with E-state index in [-0.39, 0.29) is 17.8 Å². The molecule has 0 spiro atoms. The van der Waals surface area contributed by atoms with E-state index in [1.807, 2.05) is 18.2 Å². The molecule has 2 aromatic rings. The molecule has 5 heteroatoms. The summed E-state index contributed by atoms with van der Waals surface area (Å²) in [5.41, 5.74) is 2.58. The number of carbonyl (C=O) groups is 1. The van der Waals surface area contributed by atoms with Gasteiger partial charge >= 0.3 is 6.18 Å². The lowest BCUT2D eigenvalue weighted by Gasteiger charge is -2.16. The predicted molar refractivity (Wildman–Crippen MR) is 103 cm³/mol. The first-order valence-corrected chi connectivity index (χ1v) is 8.97. The van der Waals surface area contributed by atoms with E-state index in [1.165, 1.54) is 12.1 Å². The topological polar surface area (TPSA) is 29.4 Å². The molecule has 0 N–H and O–H groups in total. The van der Waals surface area contributed by atoms with Gasteiger partial charge in [-0.1, -0.05) is 58.0 Å². The van der Waals surface area contributed by atoms with Crippen molar-refractivity contribution in [2.45, 2.75) is 52.1 Å². The van der Waals surface area contributed by atoms with Gasteiger partial charge in [-0.05, 0) is 35.1 Å². The molecule has 0 saturated heterocycles. The lowest BCUT2D eigenvalue weighted by molar-refractivity contribution is -0.137. The van der Waals surface area contributed by atoms with Crippen molar-refractivity contribution in [1.29, 1.82) is 0 Å². The van der Waals surface area contributed by atoms with E-state index < -0.39 is 11.7 Å². The number of rotatable bonds is 6. The molecule has 144 valence electrons. The second kappa shape index (κ2) is 8.51. The van der Waals surface area contributed by atoms with E-state index in [0.29, 0.717) is 11.8 Å². The van der Waals surface area contributed by atoms with E-state index in [0.717, 1.165) is 28.9 Å². The number of halogens is 3. The van der Waals surface area contributed by atoms with Crippen molar-refractivity contribution in [2.24, 2.45) is 4.99 Å². The standard InChI is InChI=1S/C22H24F3NO/c1-14(2)18-6-5-7-19(15(3)4)21(18)26-13-12-20(27)16-8-10-17(11-9-16)22(23,24)25/h5-11,13-15H,12H2,1-4H3. The van der Waals surface area contributed by atoms with Gasteiger partial charge in [0.25, 0.3) is 0 Å². The van der Waals surface area contributed by atoms with Crippen LogP contribution in [0.1, 0.15) is 73.0 Å². The van der Waals surface area contributed by atoms with E-state index in [4.69, 9.17) is 0 Å². The van der Waals surface area contributed by atoms with Crippen LogP contribution in [-0.4, -0.2) is 12.0 Å². The maximum Gasteiger partial charge on any atom is 0.416 e. The number of carbonyl (C=O) groups excluding carboxylic acids is 1. The van der Waals surface area contributed by atoms with Crippen molar-refractivity contribution in [3.63, 3.8) is 0 Å². The van der Waals surface area contributed by atoms with Gasteiger partial charge in [0.05, 0.1) is 11.3 Å². The van der Waals surface area contributed by atoms with Gasteiger partial charge in [-0.3, -0.25) is 9.79 Å². The Bertz CT molecular complexity index is 792. The van der Waals surface area contributed by atoms with Gasteiger partial charge in [-0.25, -0.2) is 0 Å². The van der Waals surface area contributed by atoms with Gasteiger partial charge in [0.15, 0.2) is 5.78 Å². The largest absolute Gasteiger partial charge is 0.416 e. The smallest absolute Gasteiger partial charge is 0.294 e. The van der Waals surface area contributed by atoms with Gasteiger partial charge < -0.3 is 0 Å². The maximum absolute atomic E-state index is 12.6. The minimum atomic E-state index is -4.41. The van der Waals surface area contributed by atoms with Crippen molar-refractivity contribution in [3.05, 3.63) is 64.7 Å². The van der Waals surface area contributed by atoms with E-state index in [9.17, 15) is 18.0 Å². The lowest BCUT2D eigenvalue weighted by atomic mass is 9.93.